The van der Waals surface area contributed by atoms with Gasteiger partial charge in [0.25, 0.3) is 5.69 Å². The van der Waals surface area contributed by atoms with Gasteiger partial charge in [-0.1, -0.05) is 12.1 Å². The molecular weight excluding hydrogens is 514 g/mol. The zero-order valence-corrected chi connectivity index (χ0v) is 20.3. The predicted octanol–water partition coefficient (Wildman–Crippen LogP) is 4.38. The normalized spacial score (nSPS) is 15.9. The van der Waals surface area contributed by atoms with E-state index < -0.39 is 37.6 Å². The fourth-order valence-electron chi connectivity index (χ4n) is 3.61. The first-order chi connectivity index (χ1) is 16.6. The second kappa shape index (κ2) is 8.59. The number of thiazole rings is 1. The van der Waals surface area contributed by atoms with Gasteiger partial charge in [-0.05, 0) is 48.2 Å². The number of rotatable bonds is 6. The number of carbonyl (C=O) groups is 1. The number of carboxylic acid groups (broad SMARTS) is 1. The lowest BCUT2D eigenvalue weighted by Crippen LogP contribution is -2.17. The zero-order chi connectivity index (χ0) is 24.9. The number of carboxylic acids is 1. The molecule has 1 N–H and O–H groups in total. The summed E-state index contributed by atoms with van der Waals surface area (Å²) in [6.45, 7) is 1.63. The number of hydrogen-bond acceptors (Lipinski definition) is 10. The number of aliphatic carboxylic acids is 1. The van der Waals surface area contributed by atoms with Crippen LogP contribution in [0.5, 0.6) is 5.75 Å². The summed E-state index contributed by atoms with van der Waals surface area (Å²) in [5, 5.41) is 23.2. The number of aromatic nitrogens is 1. The molecule has 0 saturated heterocycles. The summed E-state index contributed by atoms with van der Waals surface area (Å²) in [6.07, 6.45) is 0. The van der Waals surface area contributed by atoms with Crippen LogP contribution in [0.3, 0.4) is 0 Å². The molecule has 0 bridgehead atoms. The molecule has 5 rings (SSSR count). The molecule has 10 nitrogen and oxygen atoms in total. The minimum absolute atomic E-state index is 0.0106. The molecule has 0 aliphatic carbocycles. The van der Waals surface area contributed by atoms with Gasteiger partial charge in [0.2, 0.25) is 0 Å². The molecule has 1 atom stereocenters. The second-order valence-electron chi connectivity index (χ2n) is 7.68. The van der Waals surface area contributed by atoms with E-state index in [1.54, 1.807) is 25.1 Å². The Bertz CT molecular complexity index is 1680. The van der Waals surface area contributed by atoms with Crippen molar-refractivity contribution < 1.29 is 27.4 Å². The number of nitro benzene ring substituents is 1. The van der Waals surface area contributed by atoms with Crippen LogP contribution in [0.25, 0.3) is 21.0 Å². The van der Waals surface area contributed by atoms with Crippen molar-refractivity contribution in [3.8, 4) is 5.75 Å². The summed E-state index contributed by atoms with van der Waals surface area (Å²) >= 11 is 2.72. The van der Waals surface area contributed by atoms with Crippen molar-refractivity contribution >= 4 is 70.9 Å². The van der Waals surface area contributed by atoms with Gasteiger partial charge >= 0.3 is 16.1 Å². The van der Waals surface area contributed by atoms with Crippen LogP contribution in [0.15, 0.2) is 58.4 Å². The van der Waals surface area contributed by atoms with Gasteiger partial charge in [-0.2, -0.15) is 8.42 Å². The molecule has 178 valence electrons. The third-order valence-electron chi connectivity index (χ3n) is 5.25. The third kappa shape index (κ3) is 4.33. The number of nitrogens with zero attached hydrogens (tertiary/aromatic N) is 3. The van der Waals surface area contributed by atoms with Gasteiger partial charge in [0, 0.05) is 17.2 Å². The van der Waals surface area contributed by atoms with E-state index >= 15 is 0 Å². The van der Waals surface area contributed by atoms with Gasteiger partial charge in [0.05, 0.1) is 15.1 Å². The summed E-state index contributed by atoms with van der Waals surface area (Å²) in [7, 11) is -4.45. The maximum atomic E-state index is 12.8. The number of benzene rings is 3. The lowest BCUT2D eigenvalue weighted by Gasteiger charge is -2.09. The van der Waals surface area contributed by atoms with Gasteiger partial charge in [0.1, 0.15) is 15.8 Å². The largest absolute Gasteiger partial charge is 0.480 e. The molecule has 0 radical (unpaired) electrons. The number of nitro groups is 1. The van der Waals surface area contributed by atoms with Crippen molar-refractivity contribution in [2.45, 2.75) is 17.9 Å². The Morgan fingerprint density at radius 3 is 2.71 bits per heavy atom. The smallest absolute Gasteiger partial charge is 0.346 e. The van der Waals surface area contributed by atoms with Gasteiger partial charge < -0.3 is 9.29 Å². The van der Waals surface area contributed by atoms with Gasteiger partial charge in [-0.15, -0.1) is 23.1 Å². The van der Waals surface area contributed by atoms with Crippen LogP contribution in [-0.2, 0) is 14.9 Å². The minimum atomic E-state index is -4.45. The van der Waals surface area contributed by atoms with E-state index in [4.69, 9.17) is 9.29 Å². The average Bonchev–Trinajstić information content (AvgIpc) is 3.46. The molecule has 1 unspecified atom stereocenters. The Kier molecular flexibility index (Phi) is 5.69. The zero-order valence-electron chi connectivity index (χ0n) is 17.9. The molecular formula is C22H15N3O7S3. The molecule has 1 aromatic heterocycles. The van der Waals surface area contributed by atoms with Crippen LogP contribution < -0.4 is 4.18 Å². The minimum Gasteiger partial charge on any atom is -0.480 e. The van der Waals surface area contributed by atoms with E-state index in [-0.39, 0.29) is 5.75 Å². The Morgan fingerprint density at radius 1 is 1.20 bits per heavy atom. The summed E-state index contributed by atoms with van der Waals surface area (Å²) in [5.74, 6) is -0.607. The van der Waals surface area contributed by atoms with E-state index in [2.05, 4.69) is 9.98 Å². The molecule has 35 heavy (non-hydrogen) atoms. The monoisotopic (exact) mass is 529 g/mol. The van der Waals surface area contributed by atoms with Crippen molar-refractivity contribution in [1.29, 1.82) is 0 Å². The fraction of sp³-hybridized carbons (Fsp3) is 0.136. The summed E-state index contributed by atoms with van der Waals surface area (Å²) in [6, 6.07) is 11.3. The molecule has 0 saturated carbocycles. The maximum Gasteiger partial charge on any atom is 0.346 e. The number of aryl methyl sites for hydroxylation is 1. The summed E-state index contributed by atoms with van der Waals surface area (Å²) in [5.41, 5.74) is 0.702. The van der Waals surface area contributed by atoms with Gasteiger partial charge in [-0.3, -0.25) is 15.1 Å². The Balaban J connectivity index is 1.50. The average molecular weight is 530 g/mol. The SMILES string of the molecule is Cc1ccc(S(=O)(=O)Oc2ccc3c(ccc4nc(C5=NC(C(=O)O)CS5)sc43)c2)c([N+](=O)[O-])c1. The van der Waals surface area contributed by atoms with Crippen molar-refractivity contribution in [3.63, 3.8) is 0 Å². The quantitative estimate of drug-likeness (QED) is 0.218. The third-order valence-corrected chi connectivity index (χ3v) is 8.84. The number of aliphatic imine (C=N–C) groups is 1. The van der Waals surface area contributed by atoms with Gasteiger partial charge in [-0.25, -0.2) is 9.78 Å². The molecule has 4 aromatic rings. The van der Waals surface area contributed by atoms with Crippen molar-refractivity contribution in [2.24, 2.45) is 4.99 Å². The van der Waals surface area contributed by atoms with Crippen LogP contribution in [0, 0.1) is 17.0 Å². The molecule has 1 aliphatic rings. The lowest BCUT2D eigenvalue weighted by atomic mass is 10.1. The summed E-state index contributed by atoms with van der Waals surface area (Å²) < 4.78 is 31.7. The molecule has 0 amide bonds. The molecule has 3 aromatic carbocycles. The Labute approximate surface area is 206 Å². The van der Waals surface area contributed by atoms with Crippen molar-refractivity contribution in [1.82, 2.24) is 4.98 Å². The highest BCUT2D eigenvalue weighted by Gasteiger charge is 2.29. The first-order valence-corrected chi connectivity index (χ1v) is 13.3. The van der Waals surface area contributed by atoms with Crippen molar-refractivity contribution in [2.75, 3.05) is 5.75 Å². The highest BCUT2D eigenvalue weighted by molar-refractivity contribution is 8.15. The number of hydrogen-bond donors (Lipinski definition) is 1. The van der Waals surface area contributed by atoms with Crippen LogP contribution in [0.1, 0.15) is 10.6 Å². The second-order valence-corrected chi connectivity index (χ2v) is 11.2. The number of fused-ring (bicyclic) bond motifs is 3. The van der Waals surface area contributed by atoms with Crippen LogP contribution >= 0.6 is 23.1 Å². The van der Waals surface area contributed by atoms with Crippen LogP contribution in [0.2, 0.25) is 0 Å². The highest BCUT2D eigenvalue weighted by atomic mass is 32.2. The number of thioether (sulfide) groups is 1. The Morgan fingerprint density at radius 2 is 2.00 bits per heavy atom. The van der Waals surface area contributed by atoms with Gasteiger partial charge in [0.15, 0.2) is 10.9 Å². The van der Waals surface area contributed by atoms with E-state index in [9.17, 15) is 23.3 Å². The molecule has 1 aliphatic heterocycles. The maximum absolute atomic E-state index is 12.8. The Hall–Kier alpha value is -3.55. The topological polar surface area (TPSA) is 149 Å². The summed E-state index contributed by atoms with van der Waals surface area (Å²) in [4.78, 5) is 30.1. The molecule has 13 heteroatoms. The molecule has 2 heterocycles. The van der Waals surface area contributed by atoms with Crippen LogP contribution in [0.4, 0.5) is 5.69 Å². The standard InChI is InChI=1S/C22H15N3O7S3/c1-11-2-7-18(17(8-11)25(28)29)35(30,31)32-13-4-5-14-12(9-13)3-6-15-19(14)34-21(23-15)20-24-16(10-33-20)22(26)27/h2-9,16H,10H2,1H3,(H,26,27). The van der Waals surface area contributed by atoms with E-state index in [1.807, 2.05) is 0 Å². The fourth-order valence-corrected chi connectivity index (χ4v) is 6.87. The molecule has 0 spiro atoms. The lowest BCUT2D eigenvalue weighted by molar-refractivity contribution is -0.387. The first kappa shape index (κ1) is 23.2. The first-order valence-electron chi connectivity index (χ1n) is 10.1. The van der Waals surface area contributed by atoms with E-state index in [0.717, 1.165) is 16.2 Å². The van der Waals surface area contributed by atoms with E-state index in [0.29, 0.717) is 32.3 Å². The van der Waals surface area contributed by atoms with Crippen molar-refractivity contribution in [3.05, 3.63) is 69.2 Å². The molecule has 0 fully saturated rings. The predicted molar refractivity (Wildman–Crippen MR) is 133 cm³/mol. The highest BCUT2D eigenvalue weighted by Crippen LogP contribution is 2.36. The van der Waals surface area contributed by atoms with Crippen LogP contribution in [-0.4, -0.2) is 46.2 Å². The van der Waals surface area contributed by atoms with E-state index in [1.165, 1.54) is 47.4 Å².